The van der Waals surface area contributed by atoms with Crippen LogP contribution in [0, 0.1) is 12.8 Å². The van der Waals surface area contributed by atoms with E-state index in [1.165, 1.54) is 0 Å². The van der Waals surface area contributed by atoms with Gasteiger partial charge >= 0.3 is 0 Å². The van der Waals surface area contributed by atoms with E-state index in [0.29, 0.717) is 29.0 Å². The zero-order valence-electron chi connectivity index (χ0n) is 12.5. The highest BCUT2D eigenvalue weighted by molar-refractivity contribution is 9.10. The molecule has 1 N–H and O–H groups in total. The molecule has 1 saturated heterocycles. The number of aliphatic hydroxyl groups is 1. The number of aliphatic hydroxyl groups excluding tert-OH is 1. The van der Waals surface area contributed by atoms with E-state index in [2.05, 4.69) is 22.9 Å². The second-order valence-corrected chi connectivity index (χ2v) is 8.52. The third kappa shape index (κ3) is 3.67. The van der Waals surface area contributed by atoms with Crippen molar-refractivity contribution in [2.45, 2.75) is 44.6 Å². The molecule has 0 radical (unpaired) electrons. The number of nitrogens with zero attached hydrogens (tertiary/aromatic N) is 1. The molecular weight excluding hydrogens is 354 g/mol. The van der Waals surface area contributed by atoms with Crippen LogP contribution in [0.15, 0.2) is 21.5 Å². The molecule has 0 saturated carbocycles. The van der Waals surface area contributed by atoms with Crippen LogP contribution in [0.4, 0.5) is 0 Å². The third-order valence-corrected chi connectivity index (χ3v) is 7.29. The van der Waals surface area contributed by atoms with Gasteiger partial charge < -0.3 is 5.11 Å². The number of benzene rings is 1. The summed E-state index contributed by atoms with van der Waals surface area (Å²) < 4.78 is 28.0. The molecule has 0 bridgehead atoms. The molecule has 0 spiro atoms. The van der Waals surface area contributed by atoms with Crippen LogP contribution in [0.1, 0.15) is 37.3 Å². The lowest BCUT2D eigenvalue weighted by molar-refractivity contribution is 0.281. The van der Waals surface area contributed by atoms with E-state index in [0.717, 1.165) is 24.8 Å². The van der Waals surface area contributed by atoms with Crippen molar-refractivity contribution >= 4 is 26.0 Å². The molecule has 0 aliphatic carbocycles. The van der Waals surface area contributed by atoms with Crippen LogP contribution in [0.5, 0.6) is 0 Å². The van der Waals surface area contributed by atoms with Crippen molar-refractivity contribution in [2.75, 3.05) is 13.1 Å². The second kappa shape index (κ2) is 6.77. The van der Waals surface area contributed by atoms with E-state index in [1.54, 1.807) is 16.4 Å². The lowest BCUT2D eigenvalue weighted by Gasteiger charge is -2.22. The van der Waals surface area contributed by atoms with E-state index >= 15 is 0 Å². The standard InChI is InChI=1S/C15H22BrNO3S/c1-11-4-3-6-17(7-5-11)21(19,20)14-9-13(10-18)8-12(2)15(14)16/h8-9,11,18H,3-7,10H2,1-2H3. The molecule has 1 unspecified atom stereocenters. The first-order valence-electron chi connectivity index (χ1n) is 7.26. The maximum Gasteiger partial charge on any atom is 0.244 e. The molecule has 21 heavy (non-hydrogen) atoms. The summed E-state index contributed by atoms with van der Waals surface area (Å²) in [4.78, 5) is 0.265. The maximum atomic E-state index is 12.9. The number of rotatable bonds is 3. The molecule has 4 nitrogen and oxygen atoms in total. The summed E-state index contributed by atoms with van der Waals surface area (Å²) in [5.74, 6) is 0.569. The van der Waals surface area contributed by atoms with Gasteiger partial charge in [-0.15, -0.1) is 0 Å². The maximum absolute atomic E-state index is 12.9. The van der Waals surface area contributed by atoms with Crippen molar-refractivity contribution in [1.82, 2.24) is 4.31 Å². The summed E-state index contributed by atoms with van der Waals surface area (Å²) in [6.45, 7) is 4.99. The number of sulfonamides is 1. The minimum atomic E-state index is -3.52. The largest absolute Gasteiger partial charge is 0.392 e. The summed E-state index contributed by atoms with van der Waals surface area (Å²) in [6, 6.07) is 3.37. The molecule has 6 heteroatoms. The predicted octanol–water partition coefficient (Wildman–Crippen LogP) is 3.06. The molecule has 1 fully saturated rings. The molecule has 118 valence electrons. The highest BCUT2D eigenvalue weighted by atomic mass is 79.9. The SMILES string of the molecule is Cc1cc(CO)cc(S(=O)(=O)N2CCCC(C)CC2)c1Br. The topological polar surface area (TPSA) is 57.6 Å². The quantitative estimate of drug-likeness (QED) is 0.882. The summed E-state index contributed by atoms with van der Waals surface area (Å²) in [7, 11) is -3.52. The Kier molecular flexibility index (Phi) is 5.46. The first-order chi connectivity index (χ1) is 9.86. The van der Waals surface area contributed by atoms with Crippen LogP contribution in [-0.2, 0) is 16.6 Å². The zero-order chi connectivity index (χ0) is 15.6. The fourth-order valence-electron chi connectivity index (χ4n) is 2.70. The Morgan fingerprint density at radius 2 is 2.05 bits per heavy atom. The van der Waals surface area contributed by atoms with Crippen LogP contribution in [0.2, 0.25) is 0 Å². The summed E-state index contributed by atoms with van der Waals surface area (Å²) in [6.07, 6.45) is 2.87. The lowest BCUT2D eigenvalue weighted by Crippen LogP contribution is -2.32. The fourth-order valence-corrected chi connectivity index (χ4v) is 5.23. The van der Waals surface area contributed by atoms with Gasteiger partial charge in [-0.3, -0.25) is 0 Å². The van der Waals surface area contributed by atoms with E-state index < -0.39 is 10.0 Å². The summed E-state index contributed by atoms with van der Waals surface area (Å²) in [5.41, 5.74) is 1.45. The van der Waals surface area contributed by atoms with Crippen molar-refractivity contribution in [1.29, 1.82) is 0 Å². The number of aryl methyl sites for hydroxylation is 1. The molecule has 2 rings (SSSR count). The Morgan fingerprint density at radius 1 is 1.33 bits per heavy atom. The van der Waals surface area contributed by atoms with Crippen LogP contribution in [0.25, 0.3) is 0 Å². The highest BCUT2D eigenvalue weighted by Gasteiger charge is 2.29. The van der Waals surface area contributed by atoms with Gasteiger partial charge in [0.2, 0.25) is 10.0 Å². The molecular formula is C15H22BrNO3S. The van der Waals surface area contributed by atoms with Crippen LogP contribution in [-0.4, -0.2) is 30.9 Å². The zero-order valence-corrected chi connectivity index (χ0v) is 14.9. The van der Waals surface area contributed by atoms with Crippen molar-refractivity contribution in [2.24, 2.45) is 5.92 Å². The highest BCUT2D eigenvalue weighted by Crippen LogP contribution is 2.31. The molecule has 1 aliphatic heterocycles. The second-order valence-electron chi connectivity index (χ2n) is 5.82. The number of hydrogen-bond acceptors (Lipinski definition) is 3. The van der Waals surface area contributed by atoms with Crippen LogP contribution >= 0.6 is 15.9 Å². The van der Waals surface area contributed by atoms with Crippen LogP contribution < -0.4 is 0 Å². The molecule has 0 aromatic heterocycles. The summed E-state index contributed by atoms with van der Waals surface area (Å²) >= 11 is 3.39. The van der Waals surface area contributed by atoms with E-state index in [9.17, 15) is 13.5 Å². The Bertz CT molecular complexity index is 616. The van der Waals surface area contributed by atoms with Gasteiger partial charge in [0.15, 0.2) is 0 Å². The minimum Gasteiger partial charge on any atom is -0.392 e. The number of halogens is 1. The first kappa shape index (κ1) is 16.9. The van der Waals surface area contributed by atoms with Gasteiger partial charge in [-0.1, -0.05) is 13.0 Å². The molecule has 1 aromatic rings. The van der Waals surface area contributed by atoms with Crippen LogP contribution in [0.3, 0.4) is 0 Å². The van der Waals surface area contributed by atoms with E-state index in [4.69, 9.17) is 0 Å². The van der Waals surface area contributed by atoms with Crippen molar-refractivity contribution in [3.05, 3.63) is 27.7 Å². The predicted molar refractivity (Wildman–Crippen MR) is 86.6 cm³/mol. The smallest absolute Gasteiger partial charge is 0.244 e. The lowest BCUT2D eigenvalue weighted by atomic mass is 10.0. The monoisotopic (exact) mass is 375 g/mol. The van der Waals surface area contributed by atoms with Gasteiger partial charge in [0.05, 0.1) is 11.5 Å². The Balaban J connectivity index is 2.41. The van der Waals surface area contributed by atoms with Gasteiger partial charge in [0, 0.05) is 17.6 Å². The fraction of sp³-hybridized carbons (Fsp3) is 0.600. The Labute approximate surface area is 135 Å². The normalized spacial score (nSPS) is 21.2. The Morgan fingerprint density at radius 3 is 2.71 bits per heavy atom. The molecule has 1 atom stereocenters. The van der Waals surface area contributed by atoms with E-state index in [1.807, 2.05) is 6.92 Å². The van der Waals surface area contributed by atoms with Gasteiger partial charge in [-0.25, -0.2) is 8.42 Å². The van der Waals surface area contributed by atoms with Gasteiger partial charge in [0.1, 0.15) is 0 Å². The van der Waals surface area contributed by atoms with Gasteiger partial charge in [-0.05, 0) is 65.2 Å². The Hall–Kier alpha value is -0.430. The van der Waals surface area contributed by atoms with Crippen molar-refractivity contribution in [3.8, 4) is 0 Å². The first-order valence-corrected chi connectivity index (χ1v) is 9.49. The molecule has 0 amide bonds. The van der Waals surface area contributed by atoms with Gasteiger partial charge in [-0.2, -0.15) is 4.31 Å². The minimum absolute atomic E-state index is 0.159. The number of hydrogen-bond donors (Lipinski definition) is 1. The molecule has 1 aliphatic rings. The molecule has 1 heterocycles. The van der Waals surface area contributed by atoms with Crippen molar-refractivity contribution < 1.29 is 13.5 Å². The average Bonchev–Trinajstić information content (AvgIpc) is 2.66. The van der Waals surface area contributed by atoms with Crippen molar-refractivity contribution in [3.63, 3.8) is 0 Å². The van der Waals surface area contributed by atoms with Gasteiger partial charge in [0.25, 0.3) is 0 Å². The molecule has 1 aromatic carbocycles. The third-order valence-electron chi connectivity index (χ3n) is 4.06. The summed E-state index contributed by atoms with van der Waals surface area (Å²) in [5, 5.41) is 9.31. The average molecular weight is 376 g/mol. The van der Waals surface area contributed by atoms with E-state index in [-0.39, 0.29) is 11.5 Å².